The van der Waals surface area contributed by atoms with Crippen LogP contribution in [0.2, 0.25) is 0 Å². The minimum Gasteiger partial charge on any atom is -0.395 e. The van der Waals surface area contributed by atoms with Crippen LogP contribution in [0.5, 0.6) is 0 Å². The van der Waals surface area contributed by atoms with Gasteiger partial charge in [-0.3, -0.25) is 4.79 Å². The van der Waals surface area contributed by atoms with Gasteiger partial charge in [-0.05, 0) is 12.1 Å². The molecule has 0 aliphatic rings. The normalized spacial score (nSPS) is 11.4. The van der Waals surface area contributed by atoms with Gasteiger partial charge in [-0.2, -0.15) is 13.2 Å². The molecule has 2 aromatic rings. The molecule has 0 fully saturated rings. The number of aromatic nitrogens is 4. The predicted octanol–water partition coefficient (Wildman–Crippen LogP) is 0.403. The Balaban J connectivity index is 2.16. The van der Waals surface area contributed by atoms with Crippen LogP contribution in [0.1, 0.15) is 16.1 Å². The number of carbonyl (C=O) groups excluding carboxylic acids is 1. The Morgan fingerprint density at radius 2 is 2.14 bits per heavy atom. The van der Waals surface area contributed by atoms with E-state index in [4.69, 9.17) is 5.11 Å². The molecule has 2 N–H and O–H groups in total. The van der Waals surface area contributed by atoms with Crippen LogP contribution in [0.15, 0.2) is 24.5 Å². The summed E-state index contributed by atoms with van der Waals surface area (Å²) in [5, 5.41) is 18.1. The fourth-order valence-electron chi connectivity index (χ4n) is 1.43. The Morgan fingerprint density at radius 3 is 2.71 bits per heavy atom. The van der Waals surface area contributed by atoms with Gasteiger partial charge in [-0.25, -0.2) is 9.67 Å². The highest BCUT2D eigenvalue weighted by atomic mass is 19.4. The molecule has 2 rings (SSSR count). The second-order valence-corrected chi connectivity index (χ2v) is 3.93. The maximum atomic E-state index is 12.4. The summed E-state index contributed by atoms with van der Waals surface area (Å²) in [7, 11) is 0. The summed E-state index contributed by atoms with van der Waals surface area (Å²) < 4.78 is 38.3. The van der Waals surface area contributed by atoms with E-state index in [0.29, 0.717) is 6.20 Å². The number of hydrogen-bond acceptors (Lipinski definition) is 5. The van der Waals surface area contributed by atoms with Crippen LogP contribution in [0.4, 0.5) is 13.2 Å². The molecule has 0 saturated carbocycles. The average Bonchev–Trinajstić information content (AvgIpc) is 2.94. The number of rotatable bonds is 4. The van der Waals surface area contributed by atoms with Crippen LogP contribution < -0.4 is 5.32 Å². The summed E-state index contributed by atoms with van der Waals surface area (Å²) in [5.74, 6) is -0.459. The molecule has 0 aromatic carbocycles. The minimum absolute atomic E-state index is 0.0369. The molecule has 1 amide bonds. The summed E-state index contributed by atoms with van der Waals surface area (Å²) in [4.78, 5) is 15.1. The molecular weight excluding hydrogens is 291 g/mol. The number of aliphatic hydroxyl groups is 1. The van der Waals surface area contributed by atoms with E-state index in [1.165, 1.54) is 6.20 Å². The minimum atomic E-state index is -4.47. The van der Waals surface area contributed by atoms with Crippen molar-refractivity contribution in [3.8, 4) is 5.82 Å². The zero-order valence-electron chi connectivity index (χ0n) is 10.5. The number of nitrogens with one attached hydrogen (secondary N) is 1. The number of pyridine rings is 1. The molecule has 0 spiro atoms. The number of amides is 1. The van der Waals surface area contributed by atoms with Gasteiger partial charge in [-0.15, -0.1) is 5.10 Å². The maximum Gasteiger partial charge on any atom is 0.417 e. The van der Waals surface area contributed by atoms with Crippen LogP contribution in [-0.4, -0.2) is 44.1 Å². The number of aliphatic hydroxyl groups excluding tert-OH is 1. The maximum absolute atomic E-state index is 12.4. The lowest BCUT2D eigenvalue weighted by atomic mass is 10.3. The molecule has 0 saturated heterocycles. The van der Waals surface area contributed by atoms with Crippen molar-refractivity contribution in [3.05, 3.63) is 35.8 Å². The van der Waals surface area contributed by atoms with E-state index in [-0.39, 0.29) is 24.7 Å². The molecular formula is C11H10F3N5O2. The SMILES string of the molecule is O=C(NCCO)c1cn(-c2ccc(C(F)(F)F)cn2)nn1. The van der Waals surface area contributed by atoms with Crippen molar-refractivity contribution in [1.29, 1.82) is 0 Å². The summed E-state index contributed by atoms with van der Waals surface area (Å²) >= 11 is 0. The first kappa shape index (κ1) is 14.9. The van der Waals surface area contributed by atoms with Gasteiger partial charge in [0.2, 0.25) is 0 Å². The summed E-state index contributed by atoms with van der Waals surface area (Å²) in [5.41, 5.74) is -0.919. The van der Waals surface area contributed by atoms with E-state index < -0.39 is 17.6 Å². The van der Waals surface area contributed by atoms with Gasteiger partial charge in [0, 0.05) is 12.7 Å². The highest BCUT2D eigenvalue weighted by Gasteiger charge is 2.30. The molecule has 21 heavy (non-hydrogen) atoms. The van der Waals surface area contributed by atoms with Crippen molar-refractivity contribution < 1.29 is 23.1 Å². The first-order valence-corrected chi connectivity index (χ1v) is 5.77. The Morgan fingerprint density at radius 1 is 1.38 bits per heavy atom. The second-order valence-electron chi connectivity index (χ2n) is 3.93. The number of hydrogen-bond donors (Lipinski definition) is 2. The molecule has 0 atom stereocenters. The molecule has 0 aliphatic carbocycles. The Kier molecular flexibility index (Phi) is 4.17. The average molecular weight is 301 g/mol. The molecule has 112 valence electrons. The van der Waals surface area contributed by atoms with Gasteiger partial charge < -0.3 is 10.4 Å². The van der Waals surface area contributed by atoms with Crippen LogP contribution >= 0.6 is 0 Å². The number of halogens is 3. The largest absolute Gasteiger partial charge is 0.417 e. The predicted molar refractivity (Wildman–Crippen MR) is 63.6 cm³/mol. The van der Waals surface area contributed by atoms with E-state index in [2.05, 4.69) is 20.6 Å². The molecule has 0 radical (unpaired) electrons. The van der Waals surface area contributed by atoms with E-state index in [1.54, 1.807) is 0 Å². The first-order valence-electron chi connectivity index (χ1n) is 5.77. The molecule has 2 heterocycles. The van der Waals surface area contributed by atoms with Crippen LogP contribution in [0.25, 0.3) is 5.82 Å². The second kappa shape index (κ2) is 5.87. The van der Waals surface area contributed by atoms with E-state index >= 15 is 0 Å². The monoisotopic (exact) mass is 301 g/mol. The molecule has 0 aliphatic heterocycles. The number of nitrogens with zero attached hydrogens (tertiary/aromatic N) is 4. The molecule has 0 bridgehead atoms. The molecule has 0 unspecified atom stereocenters. The van der Waals surface area contributed by atoms with Gasteiger partial charge in [0.05, 0.1) is 18.4 Å². The van der Waals surface area contributed by atoms with Crippen LogP contribution in [0, 0.1) is 0 Å². The highest BCUT2D eigenvalue weighted by Crippen LogP contribution is 2.28. The standard InChI is InChI=1S/C11H10F3N5O2/c12-11(13,14)7-1-2-9(16-5-7)19-6-8(17-18-19)10(21)15-3-4-20/h1-2,5-6,20H,3-4H2,(H,15,21). The third-order valence-electron chi connectivity index (χ3n) is 2.43. The van der Waals surface area contributed by atoms with Crippen molar-refractivity contribution in [2.75, 3.05) is 13.2 Å². The fourth-order valence-corrected chi connectivity index (χ4v) is 1.43. The number of carbonyl (C=O) groups is 1. The zero-order chi connectivity index (χ0) is 15.5. The van der Waals surface area contributed by atoms with Crippen LogP contribution in [-0.2, 0) is 6.18 Å². The van der Waals surface area contributed by atoms with E-state index in [0.717, 1.165) is 16.8 Å². The Hall–Kier alpha value is -2.49. The van der Waals surface area contributed by atoms with Crippen molar-refractivity contribution in [1.82, 2.24) is 25.3 Å². The third-order valence-corrected chi connectivity index (χ3v) is 2.43. The molecule has 7 nitrogen and oxygen atoms in total. The molecule has 10 heteroatoms. The Labute approximate surface area is 116 Å². The van der Waals surface area contributed by atoms with Gasteiger partial charge in [0.15, 0.2) is 11.5 Å². The lowest BCUT2D eigenvalue weighted by Gasteiger charge is -2.06. The summed E-state index contributed by atoms with van der Waals surface area (Å²) in [6, 6.07) is 1.97. The summed E-state index contributed by atoms with van der Waals surface area (Å²) in [6.45, 7) is -0.162. The van der Waals surface area contributed by atoms with Gasteiger partial charge in [0.25, 0.3) is 5.91 Å². The fraction of sp³-hybridized carbons (Fsp3) is 0.273. The number of alkyl halides is 3. The smallest absolute Gasteiger partial charge is 0.395 e. The van der Waals surface area contributed by atoms with Gasteiger partial charge in [-0.1, -0.05) is 5.21 Å². The van der Waals surface area contributed by atoms with Crippen molar-refractivity contribution in [2.24, 2.45) is 0 Å². The quantitative estimate of drug-likeness (QED) is 0.853. The topological polar surface area (TPSA) is 92.9 Å². The highest BCUT2D eigenvalue weighted by molar-refractivity contribution is 5.91. The third kappa shape index (κ3) is 3.54. The molecule has 2 aromatic heterocycles. The van der Waals surface area contributed by atoms with Gasteiger partial charge >= 0.3 is 6.18 Å². The summed E-state index contributed by atoms with van der Waals surface area (Å²) in [6.07, 6.45) is -2.58. The van der Waals surface area contributed by atoms with E-state index in [1.807, 2.05) is 0 Å². The van der Waals surface area contributed by atoms with Gasteiger partial charge in [0.1, 0.15) is 0 Å². The van der Waals surface area contributed by atoms with E-state index in [9.17, 15) is 18.0 Å². The van der Waals surface area contributed by atoms with Crippen molar-refractivity contribution in [3.63, 3.8) is 0 Å². The van der Waals surface area contributed by atoms with Crippen molar-refractivity contribution in [2.45, 2.75) is 6.18 Å². The first-order chi connectivity index (χ1) is 9.91. The lowest BCUT2D eigenvalue weighted by Crippen LogP contribution is -2.26. The van der Waals surface area contributed by atoms with Crippen molar-refractivity contribution >= 4 is 5.91 Å². The van der Waals surface area contributed by atoms with Crippen LogP contribution in [0.3, 0.4) is 0 Å². The lowest BCUT2D eigenvalue weighted by molar-refractivity contribution is -0.137. The Bertz CT molecular complexity index is 624. The zero-order valence-corrected chi connectivity index (χ0v) is 10.5.